The number of rotatable bonds is 11. The number of aliphatic carboxylic acids is 1. The molecule has 0 aromatic heterocycles. The third-order valence-electron chi connectivity index (χ3n) is 4.97. The highest BCUT2D eigenvalue weighted by atomic mass is 16.5. The Bertz CT molecular complexity index is 1090. The molecule has 1 aliphatic heterocycles. The standard InChI is InChI=1S/C23H27N5O7/c1-34-15-4-2-14(3-5-15)20(30)28-18(22(32)33)13-27-21(31)17-7-6-16(12-19(17)29)35-11-10-26-23-24-8-9-25-23/h2-7,12,18,29H,8-11,13H2,1H3,(H,27,31)(H,28,30)(H,32,33)(H2,24,25,26)/t18-/m0/s1. The summed E-state index contributed by atoms with van der Waals surface area (Å²) in [5, 5.41) is 30.6. The molecule has 35 heavy (non-hydrogen) atoms. The molecular weight excluding hydrogens is 458 g/mol. The average Bonchev–Trinajstić information content (AvgIpc) is 3.37. The zero-order chi connectivity index (χ0) is 25.2. The van der Waals surface area contributed by atoms with Gasteiger partial charge in [0.1, 0.15) is 29.9 Å². The summed E-state index contributed by atoms with van der Waals surface area (Å²) in [4.78, 5) is 40.6. The summed E-state index contributed by atoms with van der Waals surface area (Å²) in [7, 11) is 1.49. The van der Waals surface area contributed by atoms with Crippen molar-refractivity contribution in [3.8, 4) is 17.2 Å². The highest BCUT2D eigenvalue weighted by molar-refractivity contribution is 5.98. The van der Waals surface area contributed by atoms with Gasteiger partial charge in [-0.05, 0) is 36.4 Å². The molecule has 0 radical (unpaired) electrons. The fraction of sp³-hybridized carbons (Fsp3) is 0.304. The molecule has 2 amide bonds. The summed E-state index contributed by atoms with van der Waals surface area (Å²) in [6, 6.07) is 8.90. The first kappa shape index (κ1) is 25.1. The van der Waals surface area contributed by atoms with Crippen LogP contribution in [0.25, 0.3) is 0 Å². The van der Waals surface area contributed by atoms with Crippen LogP contribution in [0.2, 0.25) is 0 Å². The van der Waals surface area contributed by atoms with Gasteiger partial charge in [0.25, 0.3) is 11.8 Å². The third-order valence-corrected chi connectivity index (χ3v) is 4.97. The van der Waals surface area contributed by atoms with E-state index in [1.54, 1.807) is 12.1 Å². The molecule has 6 N–H and O–H groups in total. The molecule has 0 saturated carbocycles. The maximum Gasteiger partial charge on any atom is 0.328 e. The van der Waals surface area contributed by atoms with Gasteiger partial charge in [0, 0.05) is 24.7 Å². The van der Waals surface area contributed by atoms with E-state index >= 15 is 0 Å². The lowest BCUT2D eigenvalue weighted by molar-refractivity contribution is -0.139. The zero-order valence-corrected chi connectivity index (χ0v) is 19.0. The number of aliphatic imine (C=N–C) groups is 1. The number of phenols is 1. The predicted octanol–water partition coefficient (Wildman–Crippen LogP) is -0.0586. The molecule has 0 fully saturated rings. The average molecular weight is 485 g/mol. The van der Waals surface area contributed by atoms with Crippen LogP contribution in [-0.4, -0.2) is 79.9 Å². The van der Waals surface area contributed by atoms with Crippen molar-refractivity contribution in [2.24, 2.45) is 4.99 Å². The van der Waals surface area contributed by atoms with Crippen LogP contribution in [0.5, 0.6) is 17.2 Å². The van der Waals surface area contributed by atoms with Crippen LogP contribution < -0.4 is 30.7 Å². The van der Waals surface area contributed by atoms with Crippen LogP contribution in [0.15, 0.2) is 47.5 Å². The number of carbonyl (C=O) groups is 3. The van der Waals surface area contributed by atoms with Crippen LogP contribution in [0, 0.1) is 0 Å². The van der Waals surface area contributed by atoms with Crippen molar-refractivity contribution in [1.82, 2.24) is 21.3 Å². The van der Waals surface area contributed by atoms with Crippen molar-refractivity contribution < 1.29 is 34.1 Å². The lowest BCUT2D eigenvalue weighted by Crippen LogP contribution is -2.48. The molecule has 2 aromatic rings. The fourth-order valence-electron chi connectivity index (χ4n) is 3.12. The Morgan fingerprint density at radius 1 is 1.11 bits per heavy atom. The zero-order valence-electron chi connectivity index (χ0n) is 19.0. The second-order valence-corrected chi connectivity index (χ2v) is 7.41. The molecule has 0 spiro atoms. The number of hydrogen-bond donors (Lipinski definition) is 6. The van der Waals surface area contributed by atoms with E-state index in [4.69, 9.17) is 9.47 Å². The molecule has 1 heterocycles. The number of carbonyl (C=O) groups excluding carboxylic acids is 2. The summed E-state index contributed by atoms with van der Waals surface area (Å²) in [5.74, 6) is -1.36. The Labute approximate surface area is 201 Å². The van der Waals surface area contributed by atoms with Crippen molar-refractivity contribution in [1.29, 1.82) is 0 Å². The maximum absolute atomic E-state index is 12.5. The van der Waals surface area contributed by atoms with Crippen molar-refractivity contribution >= 4 is 23.7 Å². The fourth-order valence-corrected chi connectivity index (χ4v) is 3.12. The minimum absolute atomic E-state index is 0.0643. The lowest BCUT2D eigenvalue weighted by Gasteiger charge is -2.16. The molecular formula is C23H27N5O7. The molecule has 3 rings (SSSR count). The Morgan fingerprint density at radius 2 is 1.86 bits per heavy atom. The van der Waals surface area contributed by atoms with Crippen LogP contribution in [0.4, 0.5) is 0 Å². The van der Waals surface area contributed by atoms with Crippen molar-refractivity contribution in [3.63, 3.8) is 0 Å². The Hall–Kier alpha value is -4.48. The van der Waals surface area contributed by atoms with E-state index in [2.05, 4.69) is 26.3 Å². The number of aromatic hydroxyl groups is 1. The second-order valence-electron chi connectivity index (χ2n) is 7.41. The Morgan fingerprint density at radius 3 is 2.49 bits per heavy atom. The Balaban J connectivity index is 1.50. The number of methoxy groups -OCH3 is 1. The number of nitrogens with zero attached hydrogens (tertiary/aromatic N) is 1. The van der Waals surface area contributed by atoms with E-state index in [-0.39, 0.29) is 16.9 Å². The summed E-state index contributed by atoms with van der Waals surface area (Å²) in [6.07, 6.45) is 0. The highest BCUT2D eigenvalue weighted by Gasteiger charge is 2.22. The number of amides is 2. The topological polar surface area (TPSA) is 171 Å². The van der Waals surface area contributed by atoms with Crippen molar-refractivity contribution in [2.75, 3.05) is 39.9 Å². The number of phenolic OH excluding ortho intramolecular Hbond substituents is 1. The largest absolute Gasteiger partial charge is 0.507 e. The van der Waals surface area contributed by atoms with Gasteiger partial charge in [-0.1, -0.05) is 0 Å². The first-order chi connectivity index (χ1) is 16.9. The monoisotopic (exact) mass is 485 g/mol. The lowest BCUT2D eigenvalue weighted by atomic mass is 10.1. The highest BCUT2D eigenvalue weighted by Crippen LogP contribution is 2.23. The minimum Gasteiger partial charge on any atom is -0.507 e. The van der Waals surface area contributed by atoms with E-state index in [1.807, 2.05) is 0 Å². The van der Waals surface area contributed by atoms with E-state index in [0.29, 0.717) is 30.6 Å². The first-order valence-electron chi connectivity index (χ1n) is 10.8. The smallest absolute Gasteiger partial charge is 0.328 e. The van der Waals surface area contributed by atoms with Gasteiger partial charge >= 0.3 is 5.97 Å². The van der Waals surface area contributed by atoms with E-state index in [1.165, 1.54) is 37.4 Å². The molecule has 1 aliphatic rings. The molecule has 0 aliphatic carbocycles. The molecule has 0 bridgehead atoms. The Kier molecular flexibility index (Phi) is 8.70. The molecule has 12 heteroatoms. The van der Waals surface area contributed by atoms with Gasteiger partial charge in [0.2, 0.25) is 0 Å². The summed E-state index contributed by atoms with van der Waals surface area (Å²) >= 11 is 0. The number of carboxylic acid groups (broad SMARTS) is 1. The van der Waals surface area contributed by atoms with Gasteiger partial charge in [0.15, 0.2) is 5.96 Å². The SMILES string of the molecule is COc1ccc(C(=O)N[C@@H](CNC(=O)c2ccc(OCCNC3=NCCN3)cc2O)C(=O)O)cc1. The van der Waals surface area contributed by atoms with Gasteiger partial charge in [-0.2, -0.15) is 0 Å². The van der Waals surface area contributed by atoms with E-state index in [9.17, 15) is 24.6 Å². The number of benzene rings is 2. The number of nitrogens with one attached hydrogen (secondary N) is 4. The summed E-state index contributed by atoms with van der Waals surface area (Å²) in [6.45, 7) is 1.93. The van der Waals surface area contributed by atoms with E-state index < -0.39 is 30.4 Å². The normalized spacial score (nSPS) is 13.1. The van der Waals surface area contributed by atoms with Gasteiger partial charge in [-0.25, -0.2) is 4.79 Å². The van der Waals surface area contributed by atoms with Gasteiger partial charge in [0.05, 0.1) is 25.8 Å². The molecule has 186 valence electrons. The number of hydrogen-bond acceptors (Lipinski definition) is 9. The van der Waals surface area contributed by atoms with Crippen LogP contribution in [0.3, 0.4) is 0 Å². The first-order valence-corrected chi connectivity index (χ1v) is 10.8. The predicted molar refractivity (Wildman–Crippen MR) is 126 cm³/mol. The molecule has 1 atom stereocenters. The summed E-state index contributed by atoms with van der Waals surface area (Å²) < 4.78 is 10.6. The van der Waals surface area contributed by atoms with Gasteiger partial charge in [-0.15, -0.1) is 0 Å². The summed E-state index contributed by atoms with van der Waals surface area (Å²) in [5.41, 5.74) is 0.171. The van der Waals surface area contributed by atoms with Gasteiger partial charge < -0.3 is 41.0 Å². The molecule has 0 unspecified atom stereocenters. The number of carboxylic acids is 1. The number of guanidine groups is 1. The van der Waals surface area contributed by atoms with Crippen molar-refractivity contribution in [3.05, 3.63) is 53.6 Å². The minimum atomic E-state index is -1.38. The van der Waals surface area contributed by atoms with E-state index in [0.717, 1.165) is 13.1 Å². The quantitative estimate of drug-likeness (QED) is 0.239. The van der Waals surface area contributed by atoms with Crippen LogP contribution in [0.1, 0.15) is 20.7 Å². The van der Waals surface area contributed by atoms with Crippen molar-refractivity contribution in [2.45, 2.75) is 6.04 Å². The molecule has 0 saturated heterocycles. The van der Waals surface area contributed by atoms with Crippen LogP contribution in [-0.2, 0) is 4.79 Å². The third kappa shape index (κ3) is 7.25. The van der Waals surface area contributed by atoms with Crippen LogP contribution >= 0.6 is 0 Å². The second kappa shape index (κ2) is 12.1. The molecule has 2 aromatic carbocycles. The number of ether oxygens (including phenoxy) is 2. The van der Waals surface area contributed by atoms with Gasteiger partial charge in [-0.3, -0.25) is 14.6 Å². The maximum atomic E-state index is 12.5. The molecule has 12 nitrogen and oxygen atoms in total.